The molecule has 118 valence electrons. The minimum atomic E-state index is -3.53. The maximum absolute atomic E-state index is 12.9. The maximum atomic E-state index is 12.9. The Labute approximate surface area is 127 Å². The molecule has 0 amide bonds. The van der Waals surface area contributed by atoms with Gasteiger partial charge >= 0.3 is 0 Å². The molecule has 0 aliphatic carbocycles. The normalized spacial score (nSPS) is 19.4. The number of nitrogens with zero attached hydrogens (tertiary/aromatic N) is 1. The van der Waals surface area contributed by atoms with Crippen LogP contribution in [0.5, 0.6) is 5.75 Å². The monoisotopic (exact) mass is 312 g/mol. The van der Waals surface area contributed by atoms with Crippen molar-refractivity contribution >= 4 is 10.0 Å². The third kappa shape index (κ3) is 3.39. The SMILES string of the molecule is COc1cc(CN)ccc1S(=O)(=O)N1CCCC(C)(C)C1. The quantitative estimate of drug-likeness (QED) is 0.922. The predicted molar refractivity (Wildman–Crippen MR) is 82.7 cm³/mol. The topological polar surface area (TPSA) is 72.6 Å². The molecule has 21 heavy (non-hydrogen) atoms. The van der Waals surface area contributed by atoms with Gasteiger partial charge in [-0.05, 0) is 36.0 Å². The molecule has 0 unspecified atom stereocenters. The zero-order chi connectivity index (χ0) is 15.7. The molecule has 1 aliphatic rings. The molecule has 1 aliphatic heterocycles. The first kappa shape index (κ1) is 16.3. The van der Waals surface area contributed by atoms with Crippen molar-refractivity contribution in [3.63, 3.8) is 0 Å². The van der Waals surface area contributed by atoms with Crippen LogP contribution in [-0.2, 0) is 16.6 Å². The van der Waals surface area contributed by atoms with Crippen molar-refractivity contribution in [1.82, 2.24) is 4.31 Å². The Bertz CT molecular complexity index is 611. The predicted octanol–water partition coefficient (Wildman–Crippen LogP) is 1.96. The molecular weight excluding hydrogens is 288 g/mol. The van der Waals surface area contributed by atoms with Crippen LogP contribution in [0.3, 0.4) is 0 Å². The van der Waals surface area contributed by atoms with Gasteiger partial charge in [0.2, 0.25) is 10.0 Å². The van der Waals surface area contributed by atoms with E-state index in [4.69, 9.17) is 10.5 Å². The summed E-state index contributed by atoms with van der Waals surface area (Å²) in [4.78, 5) is 0.222. The minimum absolute atomic E-state index is 0.00968. The highest BCUT2D eigenvalue weighted by molar-refractivity contribution is 7.89. The van der Waals surface area contributed by atoms with Gasteiger partial charge in [-0.3, -0.25) is 0 Å². The molecular formula is C15H24N2O3S. The van der Waals surface area contributed by atoms with Crippen LogP contribution in [0.1, 0.15) is 32.3 Å². The van der Waals surface area contributed by atoms with E-state index < -0.39 is 10.0 Å². The highest BCUT2D eigenvalue weighted by Crippen LogP contribution is 2.34. The Morgan fingerprint density at radius 1 is 1.38 bits per heavy atom. The Balaban J connectivity index is 2.39. The van der Waals surface area contributed by atoms with Crippen molar-refractivity contribution in [3.05, 3.63) is 23.8 Å². The molecule has 0 radical (unpaired) electrons. The van der Waals surface area contributed by atoms with Gasteiger partial charge in [-0.1, -0.05) is 19.9 Å². The Morgan fingerprint density at radius 2 is 2.10 bits per heavy atom. The van der Waals surface area contributed by atoms with Crippen LogP contribution in [0.4, 0.5) is 0 Å². The highest BCUT2D eigenvalue weighted by Gasteiger charge is 2.35. The number of hydrogen-bond donors (Lipinski definition) is 1. The van der Waals surface area contributed by atoms with Gasteiger partial charge in [-0.25, -0.2) is 8.42 Å². The Morgan fingerprint density at radius 3 is 2.67 bits per heavy atom. The van der Waals surface area contributed by atoms with E-state index in [0.29, 0.717) is 25.4 Å². The van der Waals surface area contributed by atoms with E-state index >= 15 is 0 Å². The largest absolute Gasteiger partial charge is 0.495 e. The fraction of sp³-hybridized carbons (Fsp3) is 0.600. The van der Waals surface area contributed by atoms with Crippen molar-refractivity contribution in [2.24, 2.45) is 11.1 Å². The van der Waals surface area contributed by atoms with Crippen molar-refractivity contribution < 1.29 is 13.2 Å². The summed E-state index contributed by atoms with van der Waals surface area (Å²) in [7, 11) is -2.05. The van der Waals surface area contributed by atoms with Crippen LogP contribution in [0, 0.1) is 5.41 Å². The van der Waals surface area contributed by atoms with E-state index in [1.165, 1.54) is 7.11 Å². The summed E-state index contributed by atoms with van der Waals surface area (Å²) >= 11 is 0. The Hall–Kier alpha value is -1.11. The van der Waals surface area contributed by atoms with E-state index in [1.54, 1.807) is 22.5 Å². The maximum Gasteiger partial charge on any atom is 0.246 e. The number of methoxy groups -OCH3 is 1. The van der Waals surface area contributed by atoms with Crippen LogP contribution < -0.4 is 10.5 Å². The molecule has 1 aromatic carbocycles. The molecule has 0 atom stereocenters. The lowest BCUT2D eigenvalue weighted by Crippen LogP contribution is -2.43. The molecule has 0 spiro atoms. The van der Waals surface area contributed by atoms with E-state index in [0.717, 1.165) is 18.4 Å². The molecule has 1 aromatic rings. The highest BCUT2D eigenvalue weighted by atomic mass is 32.2. The number of sulfonamides is 1. The van der Waals surface area contributed by atoms with Crippen molar-refractivity contribution in [3.8, 4) is 5.75 Å². The summed E-state index contributed by atoms with van der Waals surface area (Å²) in [5, 5.41) is 0. The first-order valence-corrected chi connectivity index (χ1v) is 8.61. The van der Waals surface area contributed by atoms with Gasteiger partial charge < -0.3 is 10.5 Å². The third-order valence-corrected chi connectivity index (χ3v) is 5.83. The fourth-order valence-corrected chi connectivity index (χ4v) is 4.57. The number of rotatable bonds is 4. The molecule has 5 nitrogen and oxygen atoms in total. The number of hydrogen-bond acceptors (Lipinski definition) is 4. The molecule has 6 heteroatoms. The standard InChI is InChI=1S/C15H24N2O3S/c1-15(2)7-4-8-17(11-15)21(18,19)14-6-5-12(10-16)9-13(14)20-3/h5-6,9H,4,7-8,10-11,16H2,1-3H3. The average molecular weight is 312 g/mol. The zero-order valence-electron chi connectivity index (χ0n) is 12.9. The van der Waals surface area contributed by atoms with Gasteiger partial charge in [-0.2, -0.15) is 4.31 Å². The fourth-order valence-electron chi connectivity index (χ4n) is 2.77. The summed E-state index contributed by atoms with van der Waals surface area (Å²) in [6.45, 7) is 5.66. The van der Waals surface area contributed by atoms with Gasteiger partial charge in [-0.15, -0.1) is 0 Å². The summed E-state index contributed by atoms with van der Waals surface area (Å²) in [6.07, 6.45) is 1.93. The zero-order valence-corrected chi connectivity index (χ0v) is 13.7. The van der Waals surface area contributed by atoms with Crippen LogP contribution in [0.2, 0.25) is 0 Å². The number of nitrogens with two attached hydrogens (primary N) is 1. The van der Waals surface area contributed by atoms with Crippen molar-refractivity contribution in [2.45, 2.75) is 38.1 Å². The number of piperidine rings is 1. The summed E-state index contributed by atoms with van der Waals surface area (Å²) in [5.41, 5.74) is 6.46. The Kier molecular flexibility index (Phi) is 4.60. The van der Waals surface area contributed by atoms with Crippen LogP contribution in [0.25, 0.3) is 0 Å². The summed E-state index contributed by atoms with van der Waals surface area (Å²) in [6, 6.07) is 5.03. The lowest BCUT2D eigenvalue weighted by molar-refractivity contribution is 0.186. The number of ether oxygens (including phenoxy) is 1. The van der Waals surface area contributed by atoms with Gasteiger partial charge in [0.25, 0.3) is 0 Å². The van der Waals surface area contributed by atoms with Gasteiger partial charge in [0, 0.05) is 19.6 Å². The van der Waals surface area contributed by atoms with E-state index in [1.807, 2.05) is 0 Å². The smallest absolute Gasteiger partial charge is 0.246 e. The molecule has 2 N–H and O–H groups in total. The average Bonchev–Trinajstić information content (AvgIpc) is 2.45. The second-order valence-corrected chi connectivity index (χ2v) is 8.20. The summed E-state index contributed by atoms with van der Waals surface area (Å²) < 4.78 is 32.6. The molecule has 0 saturated carbocycles. The second-order valence-electron chi connectivity index (χ2n) is 6.30. The van der Waals surface area contributed by atoms with Gasteiger partial charge in [0.05, 0.1) is 7.11 Å². The first-order valence-electron chi connectivity index (χ1n) is 7.17. The van der Waals surface area contributed by atoms with Gasteiger partial charge in [0.1, 0.15) is 10.6 Å². The number of benzene rings is 1. The molecule has 1 heterocycles. The second kappa shape index (κ2) is 5.94. The molecule has 2 rings (SSSR count). The van der Waals surface area contributed by atoms with Gasteiger partial charge in [0.15, 0.2) is 0 Å². The van der Waals surface area contributed by atoms with Crippen LogP contribution in [0.15, 0.2) is 23.1 Å². The van der Waals surface area contributed by atoms with Crippen LogP contribution >= 0.6 is 0 Å². The lowest BCUT2D eigenvalue weighted by Gasteiger charge is -2.37. The lowest BCUT2D eigenvalue weighted by atomic mass is 9.85. The molecule has 1 saturated heterocycles. The molecule has 1 fully saturated rings. The van der Waals surface area contributed by atoms with Crippen LogP contribution in [-0.4, -0.2) is 32.9 Å². The molecule has 0 aromatic heterocycles. The van der Waals surface area contributed by atoms with E-state index in [2.05, 4.69) is 13.8 Å². The minimum Gasteiger partial charge on any atom is -0.495 e. The van der Waals surface area contributed by atoms with E-state index in [-0.39, 0.29) is 10.3 Å². The molecule has 0 bridgehead atoms. The first-order chi connectivity index (χ1) is 9.80. The van der Waals surface area contributed by atoms with E-state index in [9.17, 15) is 8.42 Å². The van der Waals surface area contributed by atoms with Crippen molar-refractivity contribution in [1.29, 1.82) is 0 Å². The van der Waals surface area contributed by atoms with Crippen molar-refractivity contribution in [2.75, 3.05) is 20.2 Å². The third-order valence-electron chi connectivity index (χ3n) is 3.95. The summed E-state index contributed by atoms with van der Waals surface area (Å²) in [5.74, 6) is 0.362.